The number of fused-ring (bicyclic) bond motifs is 2. The summed E-state index contributed by atoms with van der Waals surface area (Å²) in [5.41, 5.74) is -0.645. The maximum atomic E-state index is 14.4. The number of esters is 1. The molecule has 208 valence electrons. The molecule has 5 aliphatic rings. The van der Waals surface area contributed by atoms with E-state index in [-0.39, 0.29) is 25.0 Å². The summed E-state index contributed by atoms with van der Waals surface area (Å²) in [6.45, 7) is 4.32. The quantitative estimate of drug-likeness (QED) is 0.414. The van der Waals surface area contributed by atoms with Crippen LogP contribution in [0.2, 0.25) is 0 Å². The monoisotopic (exact) mass is 537 g/mol. The summed E-state index contributed by atoms with van der Waals surface area (Å²) < 4.78 is 17.6. The number of aliphatic hydroxyl groups is 1. The van der Waals surface area contributed by atoms with Crippen molar-refractivity contribution in [3.63, 3.8) is 0 Å². The maximum absolute atomic E-state index is 14.4. The van der Waals surface area contributed by atoms with Crippen LogP contribution < -0.4 is 0 Å². The summed E-state index contributed by atoms with van der Waals surface area (Å²) in [4.78, 5) is 47.5. The van der Waals surface area contributed by atoms with E-state index < -0.39 is 41.6 Å². The number of hydrogen-bond donors (Lipinski definition) is 1. The predicted molar refractivity (Wildman–Crippen MR) is 139 cm³/mol. The van der Waals surface area contributed by atoms with E-state index in [0.29, 0.717) is 44.8 Å². The molecule has 1 aromatic carbocycles. The molecule has 1 aromatic rings. The number of hydrogen-bond acceptors (Lipinski definition) is 8. The molecule has 5 aliphatic heterocycles. The first-order valence-electron chi connectivity index (χ1n) is 13.8. The predicted octanol–water partition coefficient (Wildman–Crippen LogP) is 0.535. The Morgan fingerprint density at radius 1 is 1.00 bits per heavy atom. The van der Waals surface area contributed by atoms with Crippen LogP contribution in [0.4, 0.5) is 0 Å². The lowest BCUT2D eigenvalue weighted by Crippen LogP contribution is -2.57. The molecule has 0 saturated carbocycles. The van der Waals surface area contributed by atoms with E-state index in [1.807, 2.05) is 54.6 Å². The smallest absolute Gasteiger partial charge is 0.312 e. The molecule has 0 aromatic heterocycles. The highest BCUT2D eigenvalue weighted by atomic mass is 16.6. The molecule has 2 amide bonds. The third-order valence-electron chi connectivity index (χ3n) is 8.62. The highest BCUT2D eigenvalue weighted by Crippen LogP contribution is 2.54. The number of cyclic esters (lactones) is 1. The van der Waals surface area contributed by atoms with Gasteiger partial charge in [0.1, 0.15) is 17.6 Å². The van der Waals surface area contributed by atoms with Gasteiger partial charge >= 0.3 is 5.97 Å². The Balaban J connectivity index is 1.40. The molecule has 0 radical (unpaired) electrons. The van der Waals surface area contributed by atoms with E-state index in [9.17, 15) is 19.5 Å². The molecule has 1 spiro atoms. The van der Waals surface area contributed by atoms with Crippen LogP contribution in [0.3, 0.4) is 0 Å². The second-order valence-electron chi connectivity index (χ2n) is 10.7. The summed E-state index contributed by atoms with van der Waals surface area (Å²) >= 11 is 0. The fraction of sp³-hybridized carbons (Fsp3) is 0.552. The van der Waals surface area contributed by atoms with E-state index in [1.165, 1.54) is 4.90 Å². The lowest BCUT2D eigenvalue weighted by molar-refractivity contribution is -0.156. The van der Waals surface area contributed by atoms with Gasteiger partial charge in [-0.1, -0.05) is 54.6 Å². The van der Waals surface area contributed by atoms with Crippen LogP contribution in [0.5, 0.6) is 0 Å². The lowest BCUT2D eigenvalue weighted by Gasteiger charge is -2.39. The van der Waals surface area contributed by atoms with E-state index >= 15 is 0 Å². The average molecular weight is 538 g/mol. The number of morpholine rings is 1. The number of amides is 2. The minimum atomic E-state index is -1.35. The number of likely N-dealkylation sites (tertiary alicyclic amines) is 1. The molecule has 5 heterocycles. The van der Waals surface area contributed by atoms with Gasteiger partial charge in [-0.15, -0.1) is 0 Å². The van der Waals surface area contributed by atoms with E-state index in [1.54, 1.807) is 4.90 Å². The number of carbonyl (C=O) groups excluding carboxylic acids is 3. The van der Waals surface area contributed by atoms with Crippen molar-refractivity contribution in [3.05, 3.63) is 60.2 Å². The molecule has 6 rings (SSSR count). The van der Waals surface area contributed by atoms with Gasteiger partial charge < -0.3 is 29.1 Å². The Morgan fingerprint density at radius 3 is 2.56 bits per heavy atom. The zero-order valence-corrected chi connectivity index (χ0v) is 21.9. The molecule has 3 saturated heterocycles. The molecule has 10 nitrogen and oxygen atoms in total. The highest BCUT2D eigenvalue weighted by Gasteiger charge is 2.72. The lowest BCUT2D eigenvalue weighted by atomic mass is 9.77. The molecule has 0 bridgehead atoms. The molecular weight excluding hydrogens is 502 g/mol. The van der Waals surface area contributed by atoms with Crippen LogP contribution in [0.25, 0.3) is 0 Å². The molecule has 0 aliphatic carbocycles. The first-order chi connectivity index (χ1) is 19.0. The number of nitrogens with zero attached hydrogens (tertiary/aromatic N) is 3. The fourth-order valence-electron chi connectivity index (χ4n) is 6.75. The number of rotatable bonds is 6. The van der Waals surface area contributed by atoms with Gasteiger partial charge in [-0.05, 0) is 12.0 Å². The van der Waals surface area contributed by atoms with Crippen LogP contribution in [0.1, 0.15) is 18.0 Å². The van der Waals surface area contributed by atoms with Crippen LogP contribution >= 0.6 is 0 Å². The van der Waals surface area contributed by atoms with Gasteiger partial charge in [-0.25, -0.2) is 0 Å². The highest BCUT2D eigenvalue weighted by molar-refractivity contribution is 5.99. The average Bonchev–Trinajstić information content (AvgIpc) is 3.33. The molecule has 1 N–H and O–H groups in total. The van der Waals surface area contributed by atoms with E-state index in [4.69, 9.17) is 14.2 Å². The number of carbonyl (C=O) groups is 3. The SMILES string of the molecule is O=C1OCCC=C[C@H]2O[C@]34C=CCN(CCN5CCOCC5)C(=O)C3N([C@H](CO)c3ccccc3)C(=O)[C@@H]4[C@@H]12. The first kappa shape index (κ1) is 26.2. The van der Waals surface area contributed by atoms with Crippen LogP contribution in [0, 0.1) is 11.8 Å². The molecule has 6 atom stereocenters. The molecular formula is C29H35N3O7. The summed E-state index contributed by atoms with van der Waals surface area (Å²) in [6, 6.07) is 7.38. The molecule has 1 unspecified atom stereocenters. The Hall–Kier alpha value is -3.05. The molecule has 39 heavy (non-hydrogen) atoms. The van der Waals surface area contributed by atoms with Crippen molar-refractivity contribution in [3.8, 4) is 0 Å². The van der Waals surface area contributed by atoms with Crippen molar-refractivity contribution in [2.75, 3.05) is 59.2 Å². The van der Waals surface area contributed by atoms with Gasteiger partial charge in [0, 0.05) is 32.7 Å². The minimum absolute atomic E-state index is 0.229. The molecule has 3 fully saturated rings. The third kappa shape index (κ3) is 4.49. The van der Waals surface area contributed by atoms with Crippen molar-refractivity contribution in [1.29, 1.82) is 0 Å². The largest absolute Gasteiger partial charge is 0.465 e. The molecule has 10 heteroatoms. The standard InChI is InChI=1S/C29H35N3O7/c33-19-21(20-7-2-1-3-8-20)32-25-27(35)31(13-12-30-14-17-37-18-15-30)11-6-10-29(25)24(26(32)34)23-22(39-29)9-4-5-16-38-28(23)36/h1-4,6-10,21-25,33H,5,11-19H2/t21-,22-,23+,24+,25?,29+/m1/s1. The van der Waals surface area contributed by atoms with Crippen LogP contribution in [-0.4, -0.2) is 114 Å². The van der Waals surface area contributed by atoms with Crippen molar-refractivity contribution >= 4 is 17.8 Å². The van der Waals surface area contributed by atoms with Crippen LogP contribution in [0.15, 0.2) is 54.6 Å². The Bertz CT molecular complexity index is 1150. The van der Waals surface area contributed by atoms with Crippen LogP contribution in [-0.2, 0) is 28.6 Å². The number of benzene rings is 1. The van der Waals surface area contributed by atoms with Crippen molar-refractivity contribution < 1.29 is 33.7 Å². The van der Waals surface area contributed by atoms with Gasteiger partial charge in [0.05, 0.1) is 44.5 Å². The van der Waals surface area contributed by atoms with Crippen molar-refractivity contribution in [2.45, 2.75) is 30.2 Å². The van der Waals surface area contributed by atoms with Gasteiger partial charge in [-0.2, -0.15) is 0 Å². The maximum Gasteiger partial charge on any atom is 0.312 e. The second-order valence-corrected chi connectivity index (χ2v) is 10.7. The van der Waals surface area contributed by atoms with Gasteiger partial charge in [0.15, 0.2) is 0 Å². The Morgan fingerprint density at radius 2 is 1.79 bits per heavy atom. The summed E-state index contributed by atoms with van der Waals surface area (Å²) in [7, 11) is 0. The first-order valence-corrected chi connectivity index (χ1v) is 13.8. The van der Waals surface area contributed by atoms with E-state index in [0.717, 1.165) is 13.1 Å². The van der Waals surface area contributed by atoms with Crippen molar-refractivity contribution in [2.24, 2.45) is 11.8 Å². The Labute approximate surface area is 227 Å². The summed E-state index contributed by atoms with van der Waals surface area (Å²) in [6.07, 6.45) is 7.30. The third-order valence-corrected chi connectivity index (χ3v) is 8.62. The summed E-state index contributed by atoms with van der Waals surface area (Å²) in [5.74, 6) is -2.94. The number of aliphatic hydroxyl groups excluding tert-OH is 1. The normalized spacial score (nSPS) is 33.6. The minimum Gasteiger partial charge on any atom is -0.465 e. The topological polar surface area (TPSA) is 109 Å². The van der Waals surface area contributed by atoms with Gasteiger partial charge in [-0.3, -0.25) is 19.3 Å². The fourth-order valence-corrected chi connectivity index (χ4v) is 6.75. The van der Waals surface area contributed by atoms with Crippen molar-refractivity contribution in [1.82, 2.24) is 14.7 Å². The second kappa shape index (κ2) is 10.8. The summed E-state index contributed by atoms with van der Waals surface area (Å²) in [5, 5.41) is 10.6. The Kier molecular flexibility index (Phi) is 7.28. The van der Waals surface area contributed by atoms with Gasteiger partial charge in [0.25, 0.3) is 0 Å². The van der Waals surface area contributed by atoms with E-state index in [2.05, 4.69) is 4.90 Å². The zero-order chi connectivity index (χ0) is 27.0. The number of ether oxygens (including phenoxy) is 3. The zero-order valence-electron chi connectivity index (χ0n) is 21.9. The van der Waals surface area contributed by atoms with Gasteiger partial charge in [0.2, 0.25) is 11.8 Å².